The molecule has 0 bridgehead atoms. The number of nitrogens with one attached hydrogen (secondary N) is 2. The number of rotatable bonds is 16. The normalized spacial score (nSPS) is 21.6. The van der Waals surface area contributed by atoms with Gasteiger partial charge in [0.25, 0.3) is 0 Å². The van der Waals surface area contributed by atoms with Gasteiger partial charge in [-0.15, -0.1) is 0 Å². The van der Waals surface area contributed by atoms with Crippen LogP contribution in [0.2, 0.25) is 0 Å². The number of esters is 2. The number of carbonyl (C=O) groups excluding carboxylic acids is 5. The summed E-state index contributed by atoms with van der Waals surface area (Å²) >= 11 is 1.54. The summed E-state index contributed by atoms with van der Waals surface area (Å²) in [6, 6.07) is 4.52. The second-order valence-corrected chi connectivity index (χ2v) is 14.7. The standard InChI is InChI=1S/C37H47FN4O7S.2H2/c1-23(2)17-31(40-35(45)30(39-22-43)13-16-50-3)37(47)49-26-11-7-24(8-12-26)21-48-36(46)28-20-42(25-9-10-25)32-19-33(41-14-5-4-6-15-41)29(38)18-27(32)34(28)44;;/h7-8,11-12,18-20,22-23,25,27,30-32H,4-6,9-10,13-17,21H2,1-3H3,(H,39,43)(H,40,45);2*1H/t27?,30-,31-,32?;;/m0../s1. The van der Waals surface area contributed by atoms with E-state index in [4.69, 9.17) is 9.47 Å². The van der Waals surface area contributed by atoms with Gasteiger partial charge in [-0.05, 0) is 92.7 Å². The van der Waals surface area contributed by atoms with Gasteiger partial charge in [0.1, 0.15) is 35.8 Å². The molecule has 4 aliphatic rings. The maximum atomic E-state index is 15.4. The molecule has 1 aromatic carbocycles. The van der Waals surface area contributed by atoms with Gasteiger partial charge in [0.15, 0.2) is 5.78 Å². The summed E-state index contributed by atoms with van der Waals surface area (Å²) in [5, 5.41) is 5.23. The van der Waals surface area contributed by atoms with Crippen molar-refractivity contribution in [3.8, 4) is 5.75 Å². The zero-order valence-electron chi connectivity index (χ0n) is 28.9. The van der Waals surface area contributed by atoms with Crippen molar-refractivity contribution >= 4 is 41.8 Å². The fourth-order valence-electron chi connectivity index (χ4n) is 6.57. The van der Waals surface area contributed by atoms with Crippen LogP contribution in [-0.4, -0.2) is 89.1 Å². The van der Waals surface area contributed by atoms with Crippen LogP contribution < -0.4 is 15.4 Å². The quantitative estimate of drug-likeness (QED) is 0.108. The molecule has 4 atom stereocenters. The summed E-state index contributed by atoms with van der Waals surface area (Å²) in [6.45, 7) is 5.28. The van der Waals surface area contributed by atoms with Crippen LogP contribution in [0.15, 0.2) is 59.7 Å². The molecule has 11 nitrogen and oxygen atoms in total. The van der Waals surface area contributed by atoms with Crippen LogP contribution >= 0.6 is 11.8 Å². The predicted octanol–water partition coefficient (Wildman–Crippen LogP) is 4.68. The van der Waals surface area contributed by atoms with Crippen LogP contribution in [0.4, 0.5) is 4.39 Å². The number of hydrogen-bond donors (Lipinski definition) is 2. The lowest BCUT2D eigenvalue weighted by Crippen LogP contribution is -2.51. The van der Waals surface area contributed by atoms with Crippen molar-refractivity contribution in [1.82, 2.24) is 20.4 Å². The summed E-state index contributed by atoms with van der Waals surface area (Å²) in [4.78, 5) is 67.9. The first kappa shape index (κ1) is 37.1. The van der Waals surface area contributed by atoms with E-state index in [1.807, 2.05) is 31.1 Å². The first-order valence-corrected chi connectivity index (χ1v) is 18.8. The average molecular weight is 715 g/mol. The topological polar surface area (TPSA) is 134 Å². The number of ether oxygens (including phenoxy) is 2. The molecule has 2 aliphatic carbocycles. The molecule has 50 heavy (non-hydrogen) atoms. The van der Waals surface area contributed by atoms with Crippen LogP contribution in [-0.2, 0) is 35.3 Å². The average Bonchev–Trinajstić information content (AvgIpc) is 3.95. The van der Waals surface area contributed by atoms with E-state index in [9.17, 15) is 24.0 Å². The van der Waals surface area contributed by atoms with Gasteiger partial charge in [-0.2, -0.15) is 11.8 Å². The molecule has 1 saturated heterocycles. The minimum atomic E-state index is -0.927. The molecule has 0 aromatic heterocycles. The van der Waals surface area contributed by atoms with Gasteiger partial charge in [-0.25, -0.2) is 14.0 Å². The third kappa shape index (κ3) is 9.35. The predicted molar refractivity (Wildman–Crippen MR) is 191 cm³/mol. The van der Waals surface area contributed by atoms with E-state index in [1.54, 1.807) is 42.2 Å². The second kappa shape index (κ2) is 17.2. The van der Waals surface area contributed by atoms with E-state index in [2.05, 4.69) is 15.5 Å². The Hall–Kier alpha value is -4.13. The van der Waals surface area contributed by atoms with Crippen molar-refractivity contribution < 1.29 is 40.7 Å². The van der Waals surface area contributed by atoms with Crippen LogP contribution in [0.5, 0.6) is 5.75 Å². The van der Waals surface area contributed by atoms with Crippen molar-refractivity contribution in [1.29, 1.82) is 0 Å². The van der Waals surface area contributed by atoms with Crippen molar-refractivity contribution in [2.45, 2.75) is 89.6 Å². The fourth-order valence-corrected chi connectivity index (χ4v) is 7.04. The minimum absolute atomic E-state index is 0. The van der Waals surface area contributed by atoms with E-state index < -0.39 is 47.5 Å². The SMILES string of the molecule is CSCC[C@H](NC=O)C(=O)N[C@@H](CC(C)C)C(=O)Oc1ccc(COC(=O)C2=CN(C3CC3)C3C=C(N4CCCCC4)C(F)=CC3C2=O)cc1.[HH].[HH]. The third-order valence-corrected chi connectivity index (χ3v) is 10.0. The summed E-state index contributed by atoms with van der Waals surface area (Å²) in [6.07, 6.45) is 13.0. The second-order valence-electron chi connectivity index (χ2n) is 13.7. The molecule has 1 aromatic rings. The van der Waals surface area contributed by atoms with Gasteiger partial charge in [0.05, 0.1) is 17.7 Å². The number of amides is 2. The highest BCUT2D eigenvalue weighted by Crippen LogP contribution is 2.41. The molecule has 0 spiro atoms. The zero-order valence-corrected chi connectivity index (χ0v) is 29.7. The molecule has 1 saturated carbocycles. The van der Waals surface area contributed by atoms with Crippen molar-refractivity contribution in [2.75, 3.05) is 25.1 Å². The first-order valence-electron chi connectivity index (χ1n) is 17.4. The monoisotopic (exact) mass is 714 g/mol. The van der Waals surface area contributed by atoms with Gasteiger partial charge in [-0.1, -0.05) is 26.0 Å². The molecule has 2 N–H and O–H groups in total. The Bertz CT molecular complexity index is 1530. The summed E-state index contributed by atoms with van der Waals surface area (Å²) in [5.74, 6) is -2.60. The number of piperidine rings is 1. The highest BCUT2D eigenvalue weighted by molar-refractivity contribution is 7.98. The van der Waals surface area contributed by atoms with Crippen LogP contribution in [0.3, 0.4) is 0 Å². The lowest BCUT2D eigenvalue weighted by Gasteiger charge is -2.41. The van der Waals surface area contributed by atoms with Gasteiger partial charge in [0, 0.05) is 28.2 Å². The Kier molecular flexibility index (Phi) is 12.8. The maximum Gasteiger partial charge on any atom is 0.343 e. The van der Waals surface area contributed by atoms with Crippen molar-refractivity contribution in [3.63, 3.8) is 0 Å². The highest BCUT2D eigenvalue weighted by atomic mass is 32.2. The van der Waals surface area contributed by atoms with Gasteiger partial charge >= 0.3 is 11.9 Å². The molecule has 13 heteroatoms. The molecular formula is C37H51FN4O7S. The zero-order chi connectivity index (χ0) is 35.8. The first-order chi connectivity index (χ1) is 24.1. The molecule has 274 valence electrons. The van der Waals surface area contributed by atoms with Crippen LogP contribution in [0, 0.1) is 11.8 Å². The fraction of sp³-hybridized carbons (Fsp3) is 0.541. The highest BCUT2D eigenvalue weighted by Gasteiger charge is 2.46. The van der Waals surface area contributed by atoms with E-state index in [0.29, 0.717) is 36.3 Å². The van der Waals surface area contributed by atoms with E-state index in [1.165, 1.54) is 6.08 Å². The number of nitrogens with zero attached hydrogens (tertiary/aromatic N) is 2. The van der Waals surface area contributed by atoms with Crippen LogP contribution in [0.25, 0.3) is 0 Å². The van der Waals surface area contributed by atoms with E-state index in [-0.39, 0.29) is 38.8 Å². The van der Waals surface area contributed by atoms with Gasteiger partial charge in [0.2, 0.25) is 12.3 Å². The minimum Gasteiger partial charge on any atom is -0.457 e. The summed E-state index contributed by atoms with van der Waals surface area (Å²) < 4.78 is 26.5. The molecule has 0 radical (unpaired) electrons. The van der Waals surface area contributed by atoms with Gasteiger partial charge in [-0.3, -0.25) is 14.4 Å². The molecule has 2 amide bonds. The summed E-state index contributed by atoms with van der Waals surface area (Å²) in [5.41, 5.74) is 1.04. The number of hydrogen-bond acceptors (Lipinski definition) is 10. The summed E-state index contributed by atoms with van der Waals surface area (Å²) in [7, 11) is 0. The Morgan fingerprint density at radius 1 is 1.08 bits per heavy atom. The number of likely N-dealkylation sites (tertiary alicyclic amines) is 1. The third-order valence-electron chi connectivity index (χ3n) is 9.36. The largest absolute Gasteiger partial charge is 0.457 e. The Morgan fingerprint density at radius 2 is 1.80 bits per heavy atom. The van der Waals surface area contributed by atoms with Gasteiger partial charge < -0.3 is 29.9 Å². The number of benzene rings is 1. The van der Waals surface area contributed by atoms with E-state index in [0.717, 1.165) is 45.2 Å². The molecule has 2 aliphatic heterocycles. The number of carbonyl (C=O) groups is 5. The number of allylic oxidation sites excluding steroid dienone is 1. The van der Waals surface area contributed by atoms with E-state index >= 15 is 4.39 Å². The Morgan fingerprint density at radius 3 is 2.44 bits per heavy atom. The Labute approximate surface area is 300 Å². The lowest BCUT2D eigenvalue weighted by atomic mass is 9.82. The number of ketones is 1. The maximum absolute atomic E-state index is 15.4. The lowest BCUT2D eigenvalue weighted by molar-refractivity contribution is -0.142. The number of thioether (sulfide) groups is 1. The molecule has 5 rings (SSSR count). The molecular weight excluding hydrogens is 663 g/mol. The Balaban J connectivity index is 0.00000364. The van der Waals surface area contributed by atoms with Crippen molar-refractivity contribution in [2.24, 2.45) is 11.8 Å². The molecule has 2 heterocycles. The molecule has 2 unspecified atom stereocenters. The molecule has 2 fully saturated rings. The number of Topliss-reactive ketones (excluding diaryl/α,β-unsaturated/α-hetero) is 1. The van der Waals surface area contributed by atoms with Crippen molar-refractivity contribution in [3.05, 3.63) is 65.3 Å². The number of halogens is 1. The van der Waals surface area contributed by atoms with Crippen LogP contribution in [0.1, 0.15) is 67.2 Å². The number of fused-ring (bicyclic) bond motifs is 1. The smallest absolute Gasteiger partial charge is 0.343 e.